The zero-order chi connectivity index (χ0) is 12.3. The van der Waals surface area contributed by atoms with Crippen molar-refractivity contribution in [3.8, 4) is 0 Å². The Morgan fingerprint density at radius 2 is 2.12 bits per heavy atom. The molecule has 0 amide bonds. The predicted octanol–water partition coefficient (Wildman–Crippen LogP) is 4.20. The number of pyridine rings is 1. The summed E-state index contributed by atoms with van der Waals surface area (Å²) in [7, 11) is 0. The largest absolute Gasteiger partial charge is 0.378 e. The van der Waals surface area contributed by atoms with Crippen molar-refractivity contribution in [3.05, 3.63) is 56.1 Å². The Morgan fingerprint density at radius 1 is 1.29 bits per heavy atom. The molecule has 0 unspecified atom stereocenters. The number of benzene rings is 1. The van der Waals surface area contributed by atoms with Crippen LogP contribution < -0.4 is 5.32 Å². The van der Waals surface area contributed by atoms with Gasteiger partial charge in [0, 0.05) is 10.7 Å². The lowest BCUT2D eigenvalue weighted by Gasteiger charge is -2.08. The van der Waals surface area contributed by atoms with Crippen molar-refractivity contribution < 1.29 is 4.39 Å². The van der Waals surface area contributed by atoms with Crippen LogP contribution in [-0.4, -0.2) is 4.98 Å². The molecule has 1 N–H and O–H groups in total. The van der Waals surface area contributed by atoms with E-state index in [1.54, 1.807) is 12.3 Å². The fraction of sp³-hybridized carbons (Fsp3) is 0.0833. The van der Waals surface area contributed by atoms with E-state index in [0.29, 0.717) is 10.1 Å². The Kier molecular flexibility index (Phi) is 4.33. The average molecular weight is 407 g/mol. The first kappa shape index (κ1) is 12.8. The maximum absolute atomic E-state index is 13.3. The molecule has 1 aromatic heterocycles. The van der Waals surface area contributed by atoms with E-state index in [4.69, 9.17) is 0 Å². The molecular weight excluding hydrogens is 398 g/mol. The molecule has 0 fully saturated rings. The summed E-state index contributed by atoms with van der Waals surface area (Å²) >= 11 is 5.32. The van der Waals surface area contributed by atoms with Crippen LogP contribution in [0.3, 0.4) is 0 Å². The second-order valence-electron chi connectivity index (χ2n) is 3.42. The Hall–Kier alpha value is -0.690. The van der Waals surface area contributed by atoms with Crippen LogP contribution in [0.4, 0.5) is 10.1 Å². The van der Waals surface area contributed by atoms with Gasteiger partial charge in [0.2, 0.25) is 0 Å². The number of rotatable bonds is 3. The lowest BCUT2D eigenvalue weighted by atomic mass is 10.3. The fourth-order valence-electron chi connectivity index (χ4n) is 1.34. The summed E-state index contributed by atoms with van der Waals surface area (Å²) in [5.74, 6) is -0.209. The average Bonchev–Trinajstić information content (AvgIpc) is 2.33. The third kappa shape index (κ3) is 3.38. The van der Waals surface area contributed by atoms with Gasteiger partial charge in [0.25, 0.3) is 0 Å². The van der Waals surface area contributed by atoms with Gasteiger partial charge in [-0.1, -0.05) is 6.07 Å². The van der Waals surface area contributed by atoms with Crippen LogP contribution in [0, 0.1) is 9.39 Å². The van der Waals surface area contributed by atoms with Gasteiger partial charge in [0.15, 0.2) is 0 Å². The molecule has 0 spiro atoms. The third-order valence-corrected chi connectivity index (χ3v) is 3.77. The van der Waals surface area contributed by atoms with Crippen LogP contribution in [0.2, 0.25) is 0 Å². The van der Waals surface area contributed by atoms with Crippen molar-refractivity contribution in [2.75, 3.05) is 5.32 Å². The van der Waals surface area contributed by atoms with Crippen molar-refractivity contribution in [2.24, 2.45) is 0 Å². The zero-order valence-corrected chi connectivity index (χ0v) is 12.5. The molecule has 0 aliphatic carbocycles. The summed E-state index contributed by atoms with van der Waals surface area (Å²) in [5.41, 5.74) is 1.70. The Balaban J connectivity index is 2.07. The molecule has 17 heavy (non-hydrogen) atoms. The van der Waals surface area contributed by atoms with Crippen molar-refractivity contribution >= 4 is 44.2 Å². The van der Waals surface area contributed by atoms with Gasteiger partial charge in [0.05, 0.1) is 21.5 Å². The van der Waals surface area contributed by atoms with E-state index < -0.39 is 0 Å². The van der Waals surface area contributed by atoms with Gasteiger partial charge in [-0.15, -0.1) is 0 Å². The Bertz CT molecular complexity index is 516. The van der Waals surface area contributed by atoms with Crippen LogP contribution in [-0.2, 0) is 6.54 Å². The smallest absolute Gasteiger partial charge is 0.138 e. The van der Waals surface area contributed by atoms with Crippen molar-refractivity contribution in [1.29, 1.82) is 0 Å². The predicted molar refractivity (Wildman–Crippen MR) is 78.4 cm³/mol. The molecule has 0 atom stereocenters. The first-order valence-electron chi connectivity index (χ1n) is 4.95. The first-order chi connectivity index (χ1) is 8.16. The minimum absolute atomic E-state index is 0.209. The maximum Gasteiger partial charge on any atom is 0.138 e. The van der Waals surface area contributed by atoms with Crippen molar-refractivity contribution in [3.63, 3.8) is 0 Å². The second kappa shape index (κ2) is 5.77. The number of nitrogens with one attached hydrogen (secondary N) is 1. The highest BCUT2D eigenvalue weighted by molar-refractivity contribution is 14.1. The molecule has 1 heterocycles. The summed E-state index contributed by atoms with van der Waals surface area (Å²) < 4.78 is 14.8. The molecule has 2 nitrogen and oxygen atoms in total. The lowest BCUT2D eigenvalue weighted by Crippen LogP contribution is -2.03. The normalized spacial score (nSPS) is 10.3. The molecule has 0 aliphatic heterocycles. The summed E-state index contributed by atoms with van der Waals surface area (Å²) in [4.78, 5) is 4.24. The number of hydrogen-bond acceptors (Lipinski definition) is 2. The minimum atomic E-state index is -0.209. The van der Waals surface area contributed by atoms with Crippen LogP contribution >= 0.6 is 38.5 Å². The van der Waals surface area contributed by atoms with Crippen LogP contribution in [0.15, 0.2) is 41.0 Å². The molecule has 0 radical (unpaired) electrons. The number of aromatic nitrogens is 1. The SMILES string of the molecule is Fc1cccc(NCc2ccc(Br)cn2)c1I. The number of anilines is 1. The van der Waals surface area contributed by atoms with E-state index in [1.165, 1.54) is 6.07 Å². The standard InChI is InChI=1S/C12H9BrFIN2/c13-8-4-5-9(16-6-8)7-17-11-3-1-2-10(14)12(11)15/h1-6,17H,7H2. The van der Waals surface area contributed by atoms with E-state index in [0.717, 1.165) is 15.9 Å². The molecule has 0 bridgehead atoms. The van der Waals surface area contributed by atoms with Crippen LogP contribution in [0.5, 0.6) is 0 Å². The first-order valence-corrected chi connectivity index (χ1v) is 6.82. The summed E-state index contributed by atoms with van der Waals surface area (Å²) in [5, 5.41) is 3.16. The highest BCUT2D eigenvalue weighted by Gasteiger charge is 2.04. The monoisotopic (exact) mass is 406 g/mol. The van der Waals surface area contributed by atoms with E-state index in [2.05, 4.69) is 26.2 Å². The molecule has 0 aliphatic rings. The fourth-order valence-corrected chi connectivity index (χ4v) is 2.12. The summed E-state index contributed by atoms with van der Waals surface area (Å²) in [6.45, 7) is 0.576. The molecule has 88 valence electrons. The van der Waals surface area contributed by atoms with E-state index in [9.17, 15) is 4.39 Å². The van der Waals surface area contributed by atoms with Gasteiger partial charge < -0.3 is 5.32 Å². The van der Waals surface area contributed by atoms with Crippen LogP contribution in [0.25, 0.3) is 0 Å². The van der Waals surface area contributed by atoms with Gasteiger partial charge in [-0.3, -0.25) is 4.98 Å². The third-order valence-electron chi connectivity index (χ3n) is 2.20. The summed E-state index contributed by atoms with van der Waals surface area (Å²) in [6, 6.07) is 8.84. The Labute approximate surface area is 121 Å². The van der Waals surface area contributed by atoms with Crippen LogP contribution in [0.1, 0.15) is 5.69 Å². The lowest BCUT2D eigenvalue weighted by molar-refractivity contribution is 0.621. The number of hydrogen-bond donors (Lipinski definition) is 1. The van der Waals surface area contributed by atoms with Gasteiger partial charge >= 0.3 is 0 Å². The van der Waals surface area contributed by atoms with Gasteiger partial charge in [-0.25, -0.2) is 4.39 Å². The van der Waals surface area contributed by atoms with Crippen molar-refractivity contribution in [2.45, 2.75) is 6.54 Å². The minimum Gasteiger partial charge on any atom is -0.378 e. The molecule has 1 aromatic carbocycles. The van der Waals surface area contributed by atoms with Crippen molar-refractivity contribution in [1.82, 2.24) is 4.98 Å². The number of nitrogens with zero attached hydrogens (tertiary/aromatic N) is 1. The molecule has 2 rings (SSSR count). The molecule has 0 saturated heterocycles. The highest BCUT2D eigenvalue weighted by Crippen LogP contribution is 2.21. The number of halogens is 3. The van der Waals surface area contributed by atoms with Gasteiger partial charge in [0.1, 0.15) is 5.82 Å². The zero-order valence-electron chi connectivity index (χ0n) is 8.75. The quantitative estimate of drug-likeness (QED) is 0.772. The van der Waals surface area contributed by atoms with Gasteiger partial charge in [-0.2, -0.15) is 0 Å². The maximum atomic E-state index is 13.3. The molecule has 2 aromatic rings. The Morgan fingerprint density at radius 3 is 2.82 bits per heavy atom. The summed E-state index contributed by atoms with van der Waals surface area (Å²) in [6.07, 6.45) is 1.74. The molecule has 0 saturated carbocycles. The van der Waals surface area contributed by atoms with E-state index in [-0.39, 0.29) is 5.82 Å². The van der Waals surface area contributed by atoms with E-state index in [1.807, 2.05) is 40.8 Å². The highest BCUT2D eigenvalue weighted by atomic mass is 127. The second-order valence-corrected chi connectivity index (χ2v) is 5.42. The molecule has 5 heteroatoms. The topological polar surface area (TPSA) is 24.9 Å². The van der Waals surface area contributed by atoms with E-state index >= 15 is 0 Å². The molecular formula is C12H9BrFIN2. The van der Waals surface area contributed by atoms with Gasteiger partial charge in [-0.05, 0) is 62.8 Å².